The molecular weight excluding hydrogens is 382 g/mol. The van der Waals surface area contributed by atoms with E-state index in [2.05, 4.69) is 71.9 Å². The van der Waals surface area contributed by atoms with E-state index in [-0.39, 0.29) is 0 Å². The lowest BCUT2D eigenvalue weighted by Crippen LogP contribution is -2.51. The smallest absolute Gasteiger partial charge is 0.236 e. The molecule has 0 bridgehead atoms. The summed E-state index contributed by atoms with van der Waals surface area (Å²) >= 11 is 0. The predicted molar refractivity (Wildman–Crippen MR) is 130 cm³/mol. The highest BCUT2D eigenvalue weighted by atomic mass is 16.2. The molecule has 0 N–H and O–H groups in total. The third kappa shape index (κ3) is 5.52. The minimum absolute atomic E-state index is 0.328. The van der Waals surface area contributed by atoms with E-state index in [1.807, 2.05) is 0 Å². The van der Waals surface area contributed by atoms with E-state index in [0.717, 1.165) is 39.3 Å². The molecule has 2 saturated heterocycles. The van der Waals surface area contributed by atoms with Gasteiger partial charge in [-0.2, -0.15) is 0 Å². The second kappa shape index (κ2) is 9.77. The van der Waals surface area contributed by atoms with E-state index in [1.54, 1.807) is 0 Å². The van der Waals surface area contributed by atoms with Crippen LogP contribution in [-0.2, 0) is 4.79 Å². The number of likely N-dealkylation sites (tertiary alicyclic amines) is 1. The molecule has 3 aliphatic rings. The van der Waals surface area contributed by atoms with Crippen LogP contribution in [0.25, 0.3) is 0 Å². The highest BCUT2D eigenvalue weighted by Gasteiger charge is 2.29. The second-order valence-electron chi connectivity index (χ2n) is 10.8. The van der Waals surface area contributed by atoms with E-state index >= 15 is 0 Å². The number of piperazine rings is 1. The monoisotopic (exact) mass is 423 g/mol. The van der Waals surface area contributed by atoms with Crippen LogP contribution in [0.1, 0.15) is 64.4 Å². The number of anilines is 1. The Morgan fingerprint density at radius 2 is 1.61 bits per heavy atom. The molecule has 4 heteroatoms. The molecule has 2 fully saturated rings. The molecule has 1 aliphatic carbocycles. The van der Waals surface area contributed by atoms with Gasteiger partial charge in [-0.05, 0) is 55.1 Å². The van der Waals surface area contributed by atoms with Crippen LogP contribution >= 0.6 is 0 Å². The molecule has 31 heavy (non-hydrogen) atoms. The van der Waals surface area contributed by atoms with E-state index in [9.17, 15) is 4.79 Å². The predicted octanol–water partition coefficient (Wildman–Crippen LogP) is 4.92. The summed E-state index contributed by atoms with van der Waals surface area (Å²) in [4.78, 5) is 19.6. The summed E-state index contributed by atoms with van der Waals surface area (Å²) < 4.78 is 0. The van der Waals surface area contributed by atoms with Gasteiger partial charge in [-0.15, -0.1) is 0 Å². The van der Waals surface area contributed by atoms with Crippen LogP contribution in [-0.4, -0.2) is 61.5 Å². The molecule has 1 aromatic rings. The number of benzene rings is 1. The number of nitrogens with zero attached hydrogens (tertiary/aromatic N) is 3. The van der Waals surface area contributed by atoms with Gasteiger partial charge in [0.25, 0.3) is 0 Å². The molecule has 2 atom stereocenters. The lowest BCUT2D eigenvalue weighted by Gasteiger charge is -2.39. The van der Waals surface area contributed by atoms with E-state index < -0.39 is 0 Å². The Balaban J connectivity index is 1.36. The number of carbonyl (C=O) groups is 1. The molecule has 4 rings (SSSR count). The average Bonchev–Trinajstić information content (AvgIpc) is 2.80. The number of piperidine rings is 1. The van der Waals surface area contributed by atoms with Gasteiger partial charge in [0, 0.05) is 50.9 Å². The molecule has 0 radical (unpaired) electrons. The average molecular weight is 424 g/mol. The first kappa shape index (κ1) is 22.4. The van der Waals surface area contributed by atoms with Crippen molar-refractivity contribution in [3.05, 3.63) is 42.0 Å². The third-order valence-corrected chi connectivity index (χ3v) is 7.59. The van der Waals surface area contributed by atoms with Crippen molar-refractivity contribution in [2.75, 3.05) is 50.7 Å². The number of para-hydroxylation sites is 1. The maximum absolute atomic E-state index is 12.6. The zero-order chi connectivity index (χ0) is 21.8. The number of rotatable bonds is 4. The zero-order valence-electron chi connectivity index (χ0n) is 19.9. The Hall–Kier alpha value is -1.81. The Labute approximate surface area is 189 Å². The third-order valence-electron chi connectivity index (χ3n) is 7.59. The van der Waals surface area contributed by atoms with E-state index in [0.29, 0.717) is 29.7 Å². The number of hydrogen-bond acceptors (Lipinski definition) is 3. The van der Waals surface area contributed by atoms with Crippen LogP contribution in [0.5, 0.6) is 0 Å². The van der Waals surface area contributed by atoms with Crippen molar-refractivity contribution in [2.45, 2.75) is 58.8 Å². The van der Waals surface area contributed by atoms with Crippen molar-refractivity contribution in [3.63, 3.8) is 0 Å². The van der Waals surface area contributed by atoms with Crippen LogP contribution in [0.4, 0.5) is 5.69 Å². The summed E-state index contributed by atoms with van der Waals surface area (Å²) in [6.45, 7) is 13.5. The summed E-state index contributed by atoms with van der Waals surface area (Å²) in [7, 11) is 0. The Bertz CT molecular complexity index is 767. The fraction of sp³-hybridized carbons (Fsp3) is 0.667. The van der Waals surface area contributed by atoms with Crippen LogP contribution < -0.4 is 4.90 Å². The SMILES string of the molecule is CC(C)(C)C1C=CC(c2ccccc2N2CCN(CC(=O)N3CCCCC3)CC2)CC1. The standard InChI is InChI=1S/C27H41N3O/c1-27(2,3)23-13-11-22(12-14-23)24-9-5-6-10-25(24)29-19-17-28(18-20-29)21-26(31)30-15-7-4-8-16-30/h5-6,9-11,13,22-23H,4,7-8,12,14-21H2,1-3H3. The molecule has 2 heterocycles. The lowest BCUT2D eigenvalue weighted by molar-refractivity contribution is -0.133. The van der Waals surface area contributed by atoms with Gasteiger partial charge >= 0.3 is 0 Å². The molecule has 0 spiro atoms. The van der Waals surface area contributed by atoms with Crippen molar-refractivity contribution in [2.24, 2.45) is 11.3 Å². The number of hydrogen-bond donors (Lipinski definition) is 0. The molecule has 170 valence electrons. The second-order valence-corrected chi connectivity index (χ2v) is 10.8. The van der Waals surface area contributed by atoms with Gasteiger partial charge in [0.05, 0.1) is 6.54 Å². The zero-order valence-corrected chi connectivity index (χ0v) is 19.9. The number of allylic oxidation sites excluding steroid dienone is 2. The molecule has 1 aromatic carbocycles. The highest BCUT2D eigenvalue weighted by Crippen LogP contribution is 2.41. The molecule has 1 amide bonds. The van der Waals surface area contributed by atoms with Crippen molar-refractivity contribution in [1.82, 2.24) is 9.80 Å². The van der Waals surface area contributed by atoms with Gasteiger partial charge in [-0.3, -0.25) is 9.69 Å². The van der Waals surface area contributed by atoms with Gasteiger partial charge < -0.3 is 9.80 Å². The van der Waals surface area contributed by atoms with Gasteiger partial charge in [-0.1, -0.05) is 51.1 Å². The summed E-state index contributed by atoms with van der Waals surface area (Å²) in [5.41, 5.74) is 3.22. The molecule has 2 aliphatic heterocycles. The van der Waals surface area contributed by atoms with E-state index in [4.69, 9.17) is 0 Å². The normalized spacial score (nSPS) is 25.6. The quantitative estimate of drug-likeness (QED) is 0.643. The minimum Gasteiger partial charge on any atom is -0.369 e. The van der Waals surface area contributed by atoms with Crippen LogP contribution in [0, 0.1) is 11.3 Å². The van der Waals surface area contributed by atoms with Crippen molar-refractivity contribution in [3.8, 4) is 0 Å². The van der Waals surface area contributed by atoms with Crippen LogP contribution in [0.15, 0.2) is 36.4 Å². The lowest BCUT2D eigenvalue weighted by atomic mass is 9.72. The van der Waals surface area contributed by atoms with Gasteiger partial charge in [-0.25, -0.2) is 0 Å². The summed E-state index contributed by atoms with van der Waals surface area (Å²) in [5.74, 6) is 1.53. The topological polar surface area (TPSA) is 26.8 Å². The van der Waals surface area contributed by atoms with Crippen molar-refractivity contribution >= 4 is 11.6 Å². The van der Waals surface area contributed by atoms with Crippen molar-refractivity contribution < 1.29 is 4.79 Å². The van der Waals surface area contributed by atoms with E-state index in [1.165, 1.54) is 43.4 Å². The van der Waals surface area contributed by atoms with Gasteiger partial charge in [0.1, 0.15) is 0 Å². The molecule has 2 unspecified atom stereocenters. The Kier molecular flexibility index (Phi) is 7.05. The van der Waals surface area contributed by atoms with Gasteiger partial charge in [0.15, 0.2) is 0 Å². The maximum Gasteiger partial charge on any atom is 0.236 e. The first-order valence-electron chi connectivity index (χ1n) is 12.4. The fourth-order valence-electron chi connectivity index (χ4n) is 5.47. The summed E-state index contributed by atoms with van der Waals surface area (Å²) in [6, 6.07) is 8.99. The maximum atomic E-state index is 12.6. The number of amides is 1. The Morgan fingerprint density at radius 3 is 2.26 bits per heavy atom. The molecule has 0 saturated carbocycles. The first-order chi connectivity index (χ1) is 14.9. The van der Waals surface area contributed by atoms with Crippen molar-refractivity contribution in [1.29, 1.82) is 0 Å². The fourth-order valence-corrected chi connectivity index (χ4v) is 5.47. The summed E-state index contributed by atoms with van der Waals surface area (Å²) in [6.07, 6.45) is 11.0. The number of carbonyl (C=O) groups excluding carboxylic acids is 1. The molecule has 4 nitrogen and oxygen atoms in total. The molecular formula is C27H41N3O. The van der Waals surface area contributed by atoms with Gasteiger partial charge in [0.2, 0.25) is 5.91 Å². The van der Waals surface area contributed by atoms with Crippen LogP contribution in [0.2, 0.25) is 0 Å². The Morgan fingerprint density at radius 1 is 0.903 bits per heavy atom. The first-order valence-corrected chi connectivity index (χ1v) is 12.4. The highest BCUT2D eigenvalue weighted by molar-refractivity contribution is 5.78. The molecule has 0 aromatic heterocycles. The largest absolute Gasteiger partial charge is 0.369 e. The minimum atomic E-state index is 0.328. The van der Waals surface area contributed by atoms with Crippen LogP contribution in [0.3, 0.4) is 0 Å². The summed E-state index contributed by atoms with van der Waals surface area (Å²) in [5, 5.41) is 0.